The van der Waals surface area contributed by atoms with Crippen LogP contribution in [0, 0.1) is 0 Å². The molecule has 0 aliphatic rings. The van der Waals surface area contributed by atoms with Crippen molar-refractivity contribution in [2.45, 2.75) is 6.18 Å². The molecule has 0 aromatic carbocycles. The van der Waals surface area contributed by atoms with Gasteiger partial charge in [0.1, 0.15) is 11.3 Å². The lowest BCUT2D eigenvalue weighted by molar-refractivity contribution is -0.139. The second-order valence-electron chi connectivity index (χ2n) is 2.28. The van der Waals surface area contributed by atoms with Gasteiger partial charge in [-0.25, -0.2) is 0 Å². The molecule has 1 rings (SSSR count). The van der Waals surface area contributed by atoms with Crippen LogP contribution in [0.25, 0.3) is 0 Å². The molecule has 1 aromatic rings. The lowest BCUT2D eigenvalue weighted by Gasteiger charge is -2.09. The van der Waals surface area contributed by atoms with Crippen molar-refractivity contribution in [1.82, 2.24) is 4.98 Å². The molecule has 0 aliphatic heterocycles. The average molecular weight is 193 g/mol. The largest absolute Gasteiger partial charge is 0.496 e. The van der Waals surface area contributed by atoms with Crippen LogP contribution in [0.5, 0.6) is 5.75 Å². The van der Waals surface area contributed by atoms with Crippen LogP contribution in [0.3, 0.4) is 0 Å². The van der Waals surface area contributed by atoms with E-state index in [1.165, 1.54) is 0 Å². The van der Waals surface area contributed by atoms with Crippen molar-refractivity contribution in [2.75, 3.05) is 7.11 Å². The number of halogens is 3. The van der Waals surface area contributed by atoms with Crippen molar-refractivity contribution in [2.24, 2.45) is 0 Å². The van der Waals surface area contributed by atoms with Crippen LogP contribution in [0.2, 0.25) is 0 Å². The topological polar surface area (TPSA) is 42.1 Å². The summed E-state index contributed by atoms with van der Waals surface area (Å²) < 4.78 is 40.9. The highest BCUT2D eigenvalue weighted by Gasteiger charge is 2.34. The fourth-order valence-corrected chi connectivity index (χ4v) is 0.843. The minimum absolute atomic E-state index is 0.476. The first-order valence-corrected chi connectivity index (χ1v) is 3.29. The van der Waals surface area contributed by atoms with E-state index in [2.05, 4.69) is 4.74 Å². The summed E-state index contributed by atoms with van der Waals surface area (Å²) in [5.74, 6) is -0.476. The quantitative estimate of drug-likeness (QED) is 0.732. The van der Waals surface area contributed by atoms with Gasteiger partial charge in [-0.15, -0.1) is 0 Å². The summed E-state index contributed by atoms with van der Waals surface area (Å²) >= 11 is 0. The molecule has 3 nitrogen and oxygen atoms in total. The second-order valence-corrected chi connectivity index (χ2v) is 2.28. The average Bonchev–Trinajstić information content (AvgIpc) is 2.01. The maximum Gasteiger partial charge on any atom is 0.421 e. The molecule has 0 saturated heterocycles. The van der Waals surface area contributed by atoms with Gasteiger partial charge in [0.05, 0.1) is 7.11 Å². The lowest BCUT2D eigenvalue weighted by atomic mass is 10.2. The van der Waals surface area contributed by atoms with Gasteiger partial charge < -0.3 is 9.72 Å². The van der Waals surface area contributed by atoms with E-state index in [-0.39, 0.29) is 0 Å². The molecule has 1 N–H and O–H groups in total. The molecular formula is C7H6F3NO2. The van der Waals surface area contributed by atoms with Gasteiger partial charge in [-0.1, -0.05) is 0 Å². The molecule has 0 bridgehead atoms. The number of hydrogen-bond acceptors (Lipinski definition) is 2. The number of rotatable bonds is 1. The summed E-state index contributed by atoms with van der Waals surface area (Å²) in [4.78, 5) is 12.6. The normalized spacial score (nSPS) is 11.4. The summed E-state index contributed by atoms with van der Waals surface area (Å²) in [5, 5.41) is 0. The molecule has 0 saturated carbocycles. The van der Waals surface area contributed by atoms with E-state index in [0.29, 0.717) is 6.20 Å². The second kappa shape index (κ2) is 3.12. The minimum Gasteiger partial charge on any atom is -0.496 e. The Morgan fingerprint density at radius 2 is 2.08 bits per heavy atom. The fraction of sp³-hybridized carbons (Fsp3) is 0.286. The zero-order chi connectivity index (χ0) is 10.1. The smallest absolute Gasteiger partial charge is 0.421 e. The fourth-order valence-electron chi connectivity index (χ4n) is 0.843. The highest BCUT2D eigenvalue weighted by molar-refractivity contribution is 5.32. The number of pyridine rings is 1. The van der Waals surface area contributed by atoms with Crippen molar-refractivity contribution < 1.29 is 17.9 Å². The summed E-state index contributed by atoms with van der Waals surface area (Å²) in [7, 11) is 1.07. The van der Waals surface area contributed by atoms with Gasteiger partial charge >= 0.3 is 6.18 Å². The van der Waals surface area contributed by atoms with Crippen molar-refractivity contribution in [3.8, 4) is 5.75 Å². The third kappa shape index (κ3) is 2.01. The summed E-state index contributed by atoms with van der Waals surface area (Å²) in [6.07, 6.45) is -3.93. The first-order chi connectivity index (χ1) is 5.95. The molecule has 1 aromatic heterocycles. The number of methoxy groups -OCH3 is 1. The third-order valence-electron chi connectivity index (χ3n) is 1.41. The summed E-state index contributed by atoms with van der Waals surface area (Å²) in [5.41, 5.74) is -1.63. The predicted molar refractivity (Wildman–Crippen MR) is 38.6 cm³/mol. The number of hydrogen-bond donors (Lipinski definition) is 1. The monoisotopic (exact) mass is 193 g/mol. The first kappa shape index (κ1) is 9.63. The van der Waals surface area contributed by atoms with Gasteiger partial charge in [0.15, 0.2) is 0 Å². The van der Waals surface area contributed by atoms with Crippen LogP contribution in [-0.2, 0) is 6.18 Å². The van der Waals surface area contributed by atoms with E-state index in [1.807, 2.05) is 4.98 Å². The van der Waals surface area contributed by atoms with Crippen LogP contribution in [-0.4, -0.2) is 12.1 Å². The number of nitrogens with one attached hydrogen (secondary N) is 1. The van der Waals surface area contributed by atoms with Gasteiger partial charge in [-0.2, -0.15) is 13.2 Å². The van der Waals surface area contributed by atoms with Gasteiger partial charge in [-0.05, 0) is 0 Å². The molecule has 13 heavy (non-hydrogen) atoms. The molecule has 0 atom stereocenters. The van der Waals surface area contributed by atoms with Crippen molar-refractivity contribution in [1.29, 1.82) is 0 Å². The Bertz CT molecular complexity index is 355. The van der Waals surface area contributed by atoms with E-state index in [4.69, 9.17) is 0 Å². The van der Waals surface area contributed by atoms with E-state index in [9.17, 15) is 18.0 Å². The van der Waals surface area contributed by atoms with E-state index in [0.717, 1.165) is 13.2 Å². The molecule has 72 valence electrons. The van der Waals surface area contributed by atoms with Crippen LogP contribution in [0.1, 0.15) is 5.56 Å². The molecule has 0 aliphatic carbocycles. The molecule has 6 heteroatoms. The third-order valence-corrected chi connectivity index (χ3v) is 1.41. The van der Waals surface area contributed by atoms with Crippen LogP contribution >= 0.6 is 0 Å². The van der Waals surface area contributed by atoms with Crippen LogP contribution < -0.4 is 10.3 Å². The van der Waals surface area contributed by atoms with E-state index in [1.54, 1.807) is 0 Å². The zero-order valence-corrected chi connectivity index (χ0v) is 6.61. The predicted octanol–water partition coefficient (Wildman–Crippen LogP) is 1.40. The van der Waals surface area contributed by atoms with Crippen LogP contribution in [0.15, 0.2) is 17.1 Å². The molecule has 0 unspecified atom stereocenters. The Hall–Kier alpha value is -1.46. The Morgan fingerprint density at radius 1 is 1.46 bits per heavy atom. The lowest BCUT2D eigenvalue weighted by Crippen LogP contribution is -2.13. The minimum atomic E-state index is -4.52. The van der Waals surface area contributed by atoms with Crippen molar-refractivity contribution in [3.05, 3.63) is 28.2 Å². The number of aromatic amines is 1. The summed E-state index contributed by atoms with van der Waals surface area (Å²) in [6, 6.07) is 0.753. The number of aromatic nitrogens is 1. The number of ether oxygens (including phenoxy) is 1. The van der Waals surface area contributed by atoms with Crippen molar-refractivity contribution in [3.63, 3.8) is 0 Å². The maximum absolute atomic E-state index is 12.2. The number of H-pyrrole nitrogens is 1. The van der Waals surface area contributed by atoms with E-state index >= 15 is 0 Å². The van der Waals surface area contributed by atoms with Gasteiger partial charge in [0, 0.05) is 12.3 Å². The van der Waals surface area contributed by atoms with Gasteiger partial charge in [0.25, 0.3) is 5.56 Å². The summed E-state index contributed by atoms with van der Waals surface area (Å²) in [6.45, 7) is 0. The Morgan fingerprint density at radius 3 is 2.54 bits per heavy atom. The SMILES string of the molecule is COc1cc(=O)[nH]cc1C(F)(F)F. The Kier molecular flexibility index (Phi) is 2.31. The number of alkyl halides is 3. The van der Waals surface area contributed by atoms with Gasteiger partial charge in [0.2, 0.25) is 0 Å². The molecular weight excluding hydrogens is 187 g/mol. The Labute approximate surface area is 71.2 Å². The highest BCUT2D eigenvalue weighted by atomic mass is 19.4. The molecule has 1 heterocycles. The standard InChI is InChI=1S/C7H6F3NO2/c1-13-5-2-6(12)11-3-4(5)7(8,9)10/h2-3H,1H3,(H,11,12). The zero-order valence-electron chi connectivity index (χ0n) is 6.61. The Balaban J connectivity index is 3.30. The highest BCUT2D eigenvalue weighted by Crippen LogP contribution is 2.34. The molecule has 0 radical (unpaired) electrons. The van der Waals surface area contributed by atoms with Crippen molar-refractivity contribution >= 4 is 0 Å². The van der Waals surface area contributed by atoms with E-state index < -0.39 is 23.0 Å². The maximum atomic E-state index is 12.2. The first-order valence-electron chi connectivity index (χ1n) is 3.29. The molecule has 0 spiro atoms. The molecule has 0 fully saturated rings. The molecule has 0 amide bonds. The van der Waals surface area contributed by atoms with Crippen LogP contribution in [0.4, 0.5) is 13.2 Å². The van der Waals surface area contributed by atoms with Gasteiger partial charge in [-0.3, -0.25) is 4.79 Å².